The summed E-state index contributed by atoms with van der Waals surface area (Å²) in [5, 5.41) is 12.7. The molecule has 2 aromatic rings. The highest BCUT2D eigenvalue weighted by atomic mass is 79.9. The second kappa shape index (κ2) is 4.63. The van der Waals surface area contributed by atoms with Gasteiger partial charge in [-0.25, -0.2) is 4.98 Å². The van der Waals surface area contributed by atoms with Crippen molar-refractivity contribution in [3.63, 3.8) is 0 Å². The Morgan fingerprint density at radius 1 is 1.35 bits per heavy atom. The maximum absolute atomic E-state index is 9.70. The number of phenolic OH excluding ortho intramolecular Hbond substituents is 1. The maximum Gasteiger partial charge on any atom is 0.153 e. The number of hydrogen-bond donors (Lipinski definition) is 3. The van der Waals surface area contributed by atoms with Crippen LogP contribution in [-0.2, 0) is 0 Å². The number of aryl methyl sites for hydroxylation is 1. The smallest absolute Gasteiger partial charge is 0.153 e. The average Bonchev–Trinajstić information content (AvgIpc) is 2.27. The quantitative estimate of drug-likeness (QED) is 0.744. The van der Waals surface area contributed by atoms with E-state index in [0.717, 1.165) is 10.0 Å². The average molecular weight is 294 g/mol. The van der Waals surface area contributed by atoms with Crippen molar-refractivity contribution in [2.24, 2.45) is 0 Å². The summed E-state index contributed by atoms with van der Waals surface area (Å²) >= 11 is 3.29. The van der Waals surface area contributed by atoms with Crippen molar-refractivity contribution in [2.45, 2.75) is 6.92 Å². The standard InChI is InChI=1S/C12H12BrN3O/c1-7-2-3-11(17)10(4-7)16-12-9(14)5-8(13)6-15-12/h2-6,17H,14H2,1H3,(H,15,16). The molecule has 0 radical (unpaired) electrons. The number of aromatic hydroxyl groups is 1. The Hall–Kier alpha value is -1.75. The van der Waals surface area contributed by atoms with Crippen molar-refractivity contribution in [1.29, 1.82) is 0 Å². The van der Waals surface area contributed by atoms with Gasteiger partial charge in [-0.15, -0.1) is 0 Å². The summed E-state index contributed by atoms with van der Waals surface area (Å²) in [6.45, 7) is 1.95. The summed E-state index contributed by atoms with van der Waals surface area (Å²) in [5.74, 6) is 0.689. The van der Waals surface area contributed by atoms with Gasteiger partial charge >= 0.3 is 0 Å². The lowest BCUT2D eigenvalue weighted by molar-refractivity contribution is 0.477. The molecule has 0 bridgehead atoms. The van der Waals surface area contributed by atoms with Crippen LogP contribution in [0.15, 0.2) is 34.9 Å². The van der Waals surface area contributed by atoms with Crippen LogP contribution in [0.2, 0.25) is 0 Å². The van der Waals surface area contributed by atoms with Crippen LogP contribution in [0.3, 0.4) is 0 Å². The zero-order valence-corrected chi connectivity index (χ0v) is 10.8. The Kier molecular flexibility index (Phi) is 3.19. The number of pyridine rings is 1. The molecule has 0 saturated heterocycles. The van der Waals surface area contributed by atoms with E-state index in [2.05, 4.69) is 26.2 Å². The number of nitrogens with one attached hydrogen (secondary N) is 1. The summed E-state index contributed by atoms with van der Waals surface area (Å²) in [4.78, 5) is 4.15. The molecule has 0 atom stereocenters. The minimum Gasteiger partial charge on any atom is -0.506 e. The number of phenols is 1. The van der Waals surface area contributed by atoms with E-state index in [1.807, 2.05) is 19.1 Å². The van der Waals surface area contributed by atoms with Gasteiger partial charge in [0, 0.05) is 10.7 Å². The van der Waals surface area contributed by atoms with Crippen LogP contribution < -0.4 is 11.1 Å². The monoisotopic (exact) mass is 293 g/mol. The summed E-state index contributed by atoms with van der Waals surface area (Å²) in [6, 6.07) is 7.05. The van der Waals surface area contributed by atoms with Gasteiger partial charge in [0.15, 0.2) is 5.82 Å². The van der Waals surface area contributed by atoms with E-state index >= 15 is 0 Å². The molecule has 0 spiro atoms. The van der Waals surface area contributed by atoms with E-state index in [4.69, 9.17) is 5.73 Å². The van der Waals surface area contributed by atoms with Gasteiger partial charge in [0.2, 0.25) is 0 Å². The van der Waals surface area contributed by atoms with Gasteiger partial charge in [0.1, 0.15) is 5.75 Å². The van der Waals surface area contributed by atoms with Gasteiger partial charge in [-0.3, -0.25) is 0 Å². The van der Waals surface area contributed by atoms with E-state index in [1.54, 1.807) is 18.3 Å². The van der Waals surface area contributed by atoms with Gasteiger partial charge in [-0.2, -0.15) is 0 Å². The molecule has 0 unspecified atom stereocenters. The fourth-order valence-corrected chi connectivity index (χ4v) is 1.79. The zero-order valence-electron chi connectivity index (χ0n) is 9.24. The minimum atomic E-state index is 0.166. The van der Waals surface area contributed by atoms with Crippen LogP contribution in [0.4, 0.5) is 17.2 Å². The number of nitrogen functional groups attached to an aromatic ring is 1. The first-order valence-electron chi connectivity index (χ1n) is 5.04. The lowest BCUT2D eigenvalue weighted by Crippen LogP contribution is -1.99. The van der Waals surface area contributed by atoms with E-state index in [1.165, 1.54) is 0 Å². The van der Waals surface area contributed by atoms with E-state index in [9.17, 15) is 5.11 Å². The highest BCUT2D eigenvalue weighted by molar-refractivity contribution is 9.10. The summed E-state index contributed by atoms with van der Waals surface area (Å²) in [7, 11) is 0. The fourth-order valence-electron chi connectivity index (χ4n) is 1.44. The Morgan fingerprint density at radius 2 is 2.12 bits per heavy atom. The first-order valence-corrected chi connectivity index (χ1v) is 5.83. The van der Waals surface area contributed by atoms with Crippen molar-refractivity contribution in [3.05, 3.63) is 40.5 Å². The molecule has 0 saturated carbocycles. The van der Waals surface area contributed by atoms with E-state index < -0.39 is 0 Å². The van der Waals surface area contributed by atoms with Crippen molar-refractivity contribution < 1.29 is 5.11 Å². The van der Waals surface area contributed by atoms with Gasteiger partial charge in [0.25, 0.3) is 0 Å². The molecule has 4 nitrogen and oxygen atoms in total. The highest BCUT2D eigenvalue weighted by Crippen LogP contribution is 2.29. The Morgan fingerprint density at radius 3 is 2.82 bits per heavy atom. The summed E-state index contributed by atoms with van der Waals surface area (Å²) in [6.07, 6.45) is 1.64. The zero-order chi connectivity index (χ0) is 12.4. The second-order valence-electron chi connectivity index (χ2n) is 3.74. The number of aromatic nitrogens is 1. The van der Waals surface area contributed by atoms with Crippen LogP contribution in [0.25, 0.3) is 0 Å². The molecule has 0 amide bonds. The SMILES string of the molecule is Cc1ccc(O)c(Nc2ncc(Br)cc2N)c1. The molecule has 4 N–H and O–H groups in total. The second-order valence-corrected chi connectivity index (χ2v) is 4.65. The largest absolute Gasteiger partial charge is 0.506 e. The molecule has 0 fully saturated rings. The van der Waals surface area contributed by atoms with Crippen molar-refractivity contribution in [2.75, 3.05) is 11.1 Å². The number of benzene rings is 1. The van der Waals surface area contributed by atoms with Crippen LogP contribution in [0, 0.1) is 6.92 Å². The van der Waals surface area contributed by atoms with Crippen molar-refractivity contribution in [3.8, 4) is 5.75 Å². The number of anilines is 3. The van der Waals surface area contributed by atoms with Crippen LogP contribution in [0.5, 0.6) is 5.75 Å². The number of halogens is 1. The van der Waals surface area contributed by atoms with E-state index in [-0.39, 0.29) is 5.75 Å². The van der Waals surface area contributed by atoms with Gasteiger partial charge in [-0.1, -0.05) is 6.07 Å². The molecular formula is C12H12BrN3O. The number of nitrogens with zero attached hydrogens (tertiary/aromatic N) is 1. The highest BCUT2D eigenvalue weighted by Gasteiger charge is 2.05. The molecule has 17 heavy (non-hydrogen) atoms. The van der Waals surface area contributed by atoms with Gasteiger partial charge in [-0.05, 0) is 46.6 Å². The third-order valence-electron chi connectivity index (χ3n) is 2.29. The Labute approximate surface area is 108 Å². The molecule has 2 rings (SSSR count). The maximum atomic E-state index is 9.70. The molecule has 0 aliphatic carbocycles. The molecule has 1 aromatic carbocycles. The van der Waals surface area contributed by atoms with Crippen LogP contribution in [-0.4, -0.2) is 10.1 Å². The van der Waals surface area contributed by atoms with E-state index in [0.29, 0.717) is 17.2 Å². The minimum absolute atomic E-state index is 0.166. The predicted molar refractivity (Wildman–Crippen MR) is 72.5 cm³/mol. The lowest BCUT2D eigenvalue weighted by atomic mass is 10.2. The molecule has 1 heterocycles. The number of rotatable bonds is 2. The normalized spacial score (nSPS) is 10.2. The molecule has 1 aromatic heterocycles. The Balaban J connectivity index is 2.34. The predicted octanol–water partition coefficient (Wildman–Crippen LogP) is 3.18. The lowest BCUT2D eigenvalue weighted by Gasteiger charge is -2.10. The molecule has 5 heteroatoms. The third kappa shape index (κ3) is 2.68. The van der Waals surface area contributed by atoms with Gasteiger partial charge in [0.05, 0.1) is 11.4 Å². The number of hydrogen-bond acceptors (Lipinski definition) is 4. The molecular weight excluding hydrogens is 282 g/mol. The van der Waals surface area contributed by atoms with Crippen LogP contribution in [0.1, 0.15) is 5.56 Å². The van der Waals surface area contributed by atoms with Crippen LogP contribution >= 0.6 is 15.9 Å². The van der Waals surface area contributed by atoms with Crippen molar-refractivity contribution in [1.82, 2.24) is 4.98 Å². The third-order valence-corrected chi connectivity index (χ3v) is 2.72. The molecule has 88 valence electrons. The topological polar surface area (TPSA) is 71.2 Å². The molecule has 0 aliphatic heterocycles. The van der Waals surface area contributed by atoms with Crippen molar-refractivity contribution >= 4 is 33.1 Å². The molecule has 0 aliphatic rings. The fraction of sp³-hybridized carbons (Fsp3) is 0.0833. The number of nitrogens with two attached hydrogens (primary N) is 1. The first kappa shape index (κ1) is 11.7. The first-order chi connectivity index (χ1) is 8.06. The summed E-state index contributed by atoms with van der Waals surface area (Å²) < 4.78 is 0.814. The van der Waals surface area contributed by atoms with Gasteiger partial charge < -0.3 is 16.2 Å². The Bertz CT molecular complexity index is 557. The summed E-state index contributed by atoms with van der Waals surface area (Å²) in [5.41, 5.74) is 7.97.